The molecule has 1 atom stereocenters. The van der Waals surface area contributed by atoms with Crippen molar-refractivity contribution >= 4 is 11.6 Å². The predicted octanol–water partition coefficient (Wildman–Crippen LogP) is 2.11. The second-order valence-corrected chi connectivity index (χ2v) is 4.99. The first-order valence-electron chi connectivity index (χ1n) is 6.96. The molecular formula is C15H22N2O2. The van der Waals surface area contributed by atoms with Crippen LogP contribution in [-0.2, 0) is 0 Å². The van der Waals surface area contributed by atoms with Crippen molar-refractivity contribution in [2.24, 2.45) is 0 Å². The molecule has 0 spiro atoms. The average Bonchev–Trinajstić information content (AvgIpc) is 2.92. The average molecular weight is 262 g/mol. The second kappa shape index (κ2) is 6.57. The third-order valence-corrected chi connectivity index (χ3v) is 3.75. The van der Waals surface area contributed by atoms with Crippen molar-refractivity contribution in [3.8, 4) is 0 Å². The maximum Gasteiger partial charge on any atom is 0.254 e. The number of carbonyl (C=O) groups is 1. The van der Waals surface area contributed by atoms with E-state index in [1.165, 1.54) is 0 Å². The highest BCUT2D eigenvalue weighted by molar-refractivity contribution is 5.95. The molecule has 4 nitrogen and oxygen atoms in total. The maximum absolute atomic E-state index is 12.5. The van der Waals surface area contributed by atoms with Crippen LogP contribution in [-0.4, -0.2) is 42.2 Å². The highest BCUT2D eigenvalue weighted by Crippen LogP contribution is 2.23. The van der Waals surface area contributed by atoms with Gasteiger partial charge in [-0.05, 0) is 49.9 Å². The molecule has 1 aromatic carbocycles. The van der Waals surface area contributed by atoms with Gasteiger partial charge in [0.2, 0.25) is 0 Å². The number of anilines is 1. The molecule has 2 N–H and O–H groups in total. The normalized spacial score (nSPS) is 18.6. The lowest BCUT2D eigenvalue weighted by molar-refractivity contribution is 0.0724. The number of benzene rings is 1. The molecule has 1 aliphatic heterocycles. The van der Waals surface area contributed by atoms with Crippen molar-refractivity contribution in [2.45, 2.75) is 31.7 Å². The molecule has 1 heterocycles. The highest BCUT2D eigenvalue weighted by Gasteiger charge is 2.28. The summed E-state index contributed by atoms with van der Waals surface area (Å²) in [5.41, 5.74) is 1.75. The fourth-order valence-corrected chi connectivity index (χ4v) is 2.68. The van der Waals surface area contributed by atoms with Crippen LogP contribution in [0, 0.1) is 0 Å². The number of hydrogen-bond acceptors (Lipinski definition) is 3. The Balaban J connectivity index is 2.04. The molecular weight excluding hydrogens is 240 g/mol. The Morgan fingerprint density at radius 1 is 1.42 bits per heavy atom. The number of aliphatic hydroxyl groups excluding tert-OH is 1. The van der Waals surface area contributed by atoms with E-state index in [0.29, 0.717) is 6.04 Å². The van der Waals surface area contributed by atoms with Crippen molar-refractivity contribution < 1.29 is 9.90 Å². The number of nitrogens with zero attached hydrogens (tertiary/aromatic N) is 1. The van der Waals surface area contributed by atoms with E-state index < -0.39 is 0 Å². The molecule has 1 amide bonds. The molecule has 0 saturated carbocycles. The van der Waals surface area contributed by atoms with E-state index >= 15 is 0 Å². The van der Waals surface area contributed by atoms with Crippen LogP contribution in [0.2, 0.25) is 0 Å². The van der Waals surface area contributed by atoms with Crippen molar-refractivity contribution in [1.29, 1.82) is 0 Å². The zero-order valence-corrected chi connectivity index (χ0v) is 11.4. The van der Waals surface area contributed by atoms with E-state index in [-0.39, 0.29) is 12.5 Å². The number of rotatable bonds is 5. The first-order valence-corrected chi connectivity index (χ1v) is 6.96. The van der Waals surface area contributed by atoms with E-state index in [9.17, 15) is 4.79 Å². The summed E-state index contributed by atoms with van der Waals surface area (Å²) in [4.78, 5) is 14.4. The summed E-state index contributed by atoms with van der Waals surface area (Å²) in [5, 5.41) is 12.0. The van der Waals surface area contributed by atoms with E-state index in [4.69, 9.17) is 5.11 Å². The zero-order valence-electron chi connectivity index (χ0n) is 11.4. The Morgan fingerprint density at radius 2 is 2.16 bits per heavy atom. The van der Waals surface area contributed by atoms with Gasteiger partial charge >= 0.3 is 0 Å². The zero-order chi connectivity index (χ0) is 13.7. The van der Waals surface area contributed by atoms with Crippen molar-refractivity contribution in [2.75, 3.05) is 25.5 Å². The van der Waals surface area contributed by atoms with Crippen LogP contribution in [0.4, 0.5) is 5.69 Å². The molecule has 0 radical (unpaired) electrons. The number of nitrogens with one attached hydrogen (secondary N) is 1. The van der Waals surface area contributed by atoms with E-state index in [2.05, 4.69) is 5.32 Å². The first kappa shape index (κ1) is 13.9. The SMILES string of the molecule is CNc1ccc(C(=O)N2CCCC2CCCO)cc1. The largest absolute Gasteiger partial charge is 0.396 e. The van der Waals surface area contributed by atoms with Crippen LogP contribution in [0.5, 0.6) is 0 Å². The predicted molar refractivity (Wildman–Crippen MR) is 76.4 cm³/mol. The Bertz CT molecular complexity index is 417. The lowest BCUT2D eigenvalue weighted by Gasteiger charge is -2.24. The fourth-order valence-electron chi connectivity index (χ4n) is 2.68. The standard InChI is InChI=1S/C15H22N2O2/c1-16-13-8-6-12(7-9-13)15(19)17-10-2-4-14(17)5-3-11-18/h6-9,14,16,18H,2-5,10-11H2,1H3. The monoisotopic (exact) mass is 262 g/mol. The smallest absolute Gasteiger partial charge is 0.254 e. The molecule has 19 heavy (non-hydrogen) atoms. The molecule has 1 aromatic rings. The van der Waals surface area contributed by atoms with Crippen LogP contribution >= 0.6 is 0 Å². The van der Waals surface area contributed by atoms with Gasteiger partial charge in [0.05, 0.1) is 0 Å². The minimum absolute atomic E-state index is 0.114. The first-order chi connectivity index (χ1) is 9.26. The number of amides is 1. The molecule has 104 valence electrons. The fraction of sp³-hybridized carbons (Fsp3) is 0.533. The second-order valence-electron chi connectivity index (χ2n) is 4.99. The lowest BCUT2D eigenvalue weighted by Crippen LogP contribution is -2.35. The Hall–Kier alpha value is -1.55. The van der Waals surface area contributed by atoms with E-state index in [0.717, 1.165) is 43.5 Å². The molecule has 4 heteroatoms. The molecule has 1 unspecified atom stereocenters. The summed E-state index contributed by atoms with van der Waals surface area (Å²) >= 11 is 0. The van der Waals surface area contributed by atoms with Gasteiger partial charge in [0, 0.05) is 37.5 Å². The van der Waals surface area contributed by atoms with Crippen molar-refractivity contribution in [3.05, 3.63) is 29.8 Å². The quantitative estimate of drug-likeness (QED) is 0.854. The summed E-state index contributed by atoms with van der Waals surface area (Å²) in [6.45, 7) is 1.04. The van der Waals surface area contributed by atoms with Gasteiger partial charge < -0.3 is 15.3 Å². The van der Waals surface area contributed by atoms with E-state index in [1.807, 2.05) is 36.2 Å². The van der Waals surface area contributed by atoms with Gasteiger partial charge in [-0.1, -0.05) is 0 Å². The minimum Gasteiger partial charge on any atom is -0.396 e. The third-order valence-electron chi connectivity index (χ3n) is 3.75. The molecule has 0 bridgehead atoms. The topological polar surface area (TPSA) is 52.6 Å². The summed E-state index contributed by atoms with van der Waals surface area (Å²) < 4.78 is 0. The van der Waals surface area contributed by atoms with Gasteiger partial charge in [0.15, 0.2) is 0 Å². The van der Waals surface area contributed by atoms with Crippen LogP contribution in [0.25, 0.3) is 0 Å². The Labute approximate surface area is 114 Å². The summed E-state index contributed by atoms with van der Waals surface area (Å²) in [6.07, 6.45) is 3.79. The molecule has 1 saturated heterocycles. The summed E-state index contributed by atoms with van der Waals surface area (Å²) in [5.74, 6) is 0.114. The van der Waals surface area contributed by atoms with Gasteiger partial charge in [-0.2, -0.15) is 0 Å². The molecule has 0 aliphatic carbocycles. The molecule has 1 aliphatic rings. The molecule has 0 aromatic heterocycles. The van der Waals surface area contributed by atoms with Gasteiger partial charge in [-0.3, -0.25) is 4.79 Å². The van der Waals surface area contributed by atoms with Crippen LogP contribution in [0.15, 0.2) is 24.3 Å². The van der Waals surface area contributed by atoms with Crippen LogP contribution < -0.4 is 5.32 Å². The molecule has 1 fully saturated rings. The van der Waals surface area contributed by atoms with E-state index in [1.54, 1.807) is 0 Å². The van der Waals surface area contributed by atoms with Crippen molar-refractivity contribution in [3.63, 3.8) is 0 Å². The number of carbonyl (C=O) groups excluding carboxylic acids is 1. The Morgan fingerprint density at radius 3 is 2.79 bits per heavy atom. The number of likely N-dealkylation sites (tertiary alicyclic amines) is 1. The van der Waals surface area contributed by atoms with Crippen LogP contribution in [0.1, 0.15) is 36.0 Å². The van der Waals surface area contributed by atoms with Gasteiger partial charge in [-0.15, -0.1) is 0 Å². The molecule has 2 rings (SSSR count). The summed E-state index contributed by atoms with van der Waals surface area (Å²) in [6, 6.07) is 7.88. The minimum atomic E-state index is 0.114. The summed E-state index contributed by atoms with van der Waals surface area (Å²) in [7, 11) is 1.86. The third kappa shape index (κ3) is 3.26. The number of hydrogen-bond donors (Lipinski definition) is 2. The van der Waals surface area contributed by atoms with Gasteiger partial charge in [0.1, 0.15) is 0 Å². The maximum atomic E-state index is 12.5. The van der Waals surface area contributed by atoms with Crippen LogP contribution in [0.3, 0.4) is 0 Å². The lowest BCUT2D eigenvalue weighted by atomic mass is 10.1. The highest BCUT2D eigenvalue weighted by atomic mass is 16.3. The number of aliphatic hydroxyl groups is 1. The van der Waals surface area contributed by atoms with Crippen molar-refractivity contribution in [1.82, 2.24) is 4.90 Å². The van der Waals surface area contributed by atoms with Gasteiger partial charge in [0.25, 0.3) is 5.91 Å². The van der Waals surface area contributed by atoms with Gasteiger partial charge in [-0.25, -0.2) is 0 Å². The Kier molecular flexibility index (Phi) is 4.80.